The van der Waals surface area contributed by atoms with Crippen molar-refractivity contribution in [1.29, 1.82) is 0 Å². The molecule has 13 heavy (non-hydrogen) atoms. The molecule has 0 unspecified atom stereocenters. The summed E-state index contributed by atoms with van der Waals surface area (Å²) in [4.78, 5) is 6.69. The third-order valence-electron chi connectivity index (χ3n) is 2.68. The van der Waals surface area contributed by atoms with E-state index in [1.807, 2.05) is 11.6 Å². The zero-order valence-electron chi connectivity index (χ0n) is 8.03. The van der Waals surface area contributed by atoms with Gasteiger partial charge in [0.05, 0.1) is 12.7 Å². The van der Waals surface area contributed by atoms with E-state index in [-0.39, 0.29) is 0 Å². The third-order valence-corrected chi connectivity index (χ3v) is 2.68. The first-order chi connectivity index (χ1) is 6.27. The Labute approximate surface area is 78.4 Å². The zero-order chi connectivity index (χ0) is 9.26. The van der Waals surface area contributed by atoms with E-state index in [0.717, 1.165) is 18.2 Å². The molecule has 0 amide bonds. The van der Waals surface area contributed by atoms with Crippen LogP contribution in [0.4, 0.5) is 5.82 Å². The molecule has 1 aliphatic heterocycles. The molecule has 1 aliphatic rings. The van der Waals surface area contributed by atoms with E-state index in [1.165, 1.54) is 25.9 Å². The second-order valence-electron chi connectivity index (χ2n) is 3.64. The van der Waals surface area contributed by atoms with Crippen molar-refractivity contribution in [3.63, 3.8) is 0 Å². The Morgan fingerprint density at radius 1 is 1.46 bits per heavy atom. The molecule has 0 atom stereocenters. The van der Waals surface area contributed by atoms with Gasteiger partial charge in [-0.1, -0.05) is 0 Å². The fourth-order valence-corrected chi connectivity index (χ4v) is 1.75. The maximum Gasteiger partial charge on any atom is 0.124 e. The van der Waals surface area contributed by atoms with Crippen LogP contribution in [0.25, 0.3) is 0 Å². The van der Waals surface area contributed by atoms with Crippen LogP contribution in [0.1, 0.15) is 18.7 Å². The van der Waals surface area contributed by atoms with Crippen molar-refractivity contribution >= 4 is 5.82 Å². The molecular weight excluding hydrogens is 164 g/mol. The number of hydrogen-bond donors (Lipinski definition) is 1. The predicted octanol–water partition coefficient (Wildman–Crippen LogP) is 0.598. The van der Waals surface area contributed by atoms with Crippen LogP contribution >= 0.6 is 0 Å². The highest BCUT2D eigenvalue weighted by Gasteiger charge is 2.14. The van der Waals surface area contributed by atoms with Gasteiger partial charge in [-0.25, -0.2) is 4.98 Å². The largest absolute Gasteiger partial charge is 0.384 e. The number of nitrogen functional groups attached to an aromatic ring is 1. The SMILES string of the molecule is Cn1c(N)cnc1CN1CCCC1. The molecule has 1 aromatic heterocycles. The van der Waals surface area contributed by atoms with E-state index in [9.17, 15) is 0 Å². The molecule has 4 heteroatoms. The summed E-state index contributed by atoms with van der Waals surface area (Å²) in [6.07, 6.45) is 4.37. The molecule has 0 aliphatic carbocycles. The van der Waals surface area contributed by atoms with Gasteiger partial charge < -0.3 is 10.3 Å². The molecule has 1 aromatic rings. The van der Waals surface area contributed by atoms with Gasteiger partial charge in [0.2, 0.25) is 0 Å². The predicted molar refractivity (Wildman–Crippen MR) is 52.1 cm³/mol. The van der Waals surface area contributed by atoms with Gasteiger partial charge >= 0.3 is 0 Å². The Balaban J connectivity index is 2.04. The Kier molecular flexibility index (Phi) is 2.22. The first-order valence-electron chi connectivity index (χ1n) is 4.76. The number of anilines is 1. The molecule has 2 N–H and O–H groups in total. The van der Waals surface area contributed by atoms with Crippen LogP contribution in [0.5, 0.6) is 0 Å². The molecule has 4 nitrogen and oxygen atoms in total. The van der Waals surface area contributed by atoms with Gasteiger partial charge in [0, 0.05) is 7.05 Å². The van der Waals surface area contributed by atoms with Gasteiger partial charge in [0.25, 0.3) is 0 Å². The summed E-state index contributed by atoms with van der Waals surface area (Å²) in [7, 11) is 1.97. The molecule has 2 heterocycles. The van der Waals surface area contributed by atoms with Gasteiger partial charge in [-0.3, -0.25) is 4.90 Å². The van der Waals surface area contributed by atoms with E-state index in [4.69, 9.17) is 5.73 Å². The number of nitrogens with two attached hydrogens (primary N) is 1. The monoisotopic (exact) mass is 180 g/mol. The molecule has 2 rings (SSSR count). The standard InChI is InChI=1S/C9H16N4/c1-12-8(10)6-11-9(12)7-13-4-2-3-5-13/h6H,2-5,7,10H2,1H3. The summed E-state index contributed by atoms with van der Waals surface area (Å²) in [5, 5.41) is 0. The van der Waals surface area contributed by atoms with Crippen molar-refractivity contribution < 1.29 is 0 Å². The summed E-state index contributed by atoms with van der Waals surface area (Å²) in [5.41, 5.74) is 5.70. The maximum absolute atomic E-state index is 5.70. The summed E-state index contributed by atoms with van der Waals surface area (Å²) >= 11 is 0. The lowest BCUT2D eigenvalue weighted by Crippen LogP contribution is -2.20. The van der Waals surface area contributed by atoms with E-state index in [1.54, 1.807) is 6.20 Å². The third kappa shape index (κ3) is 1.67. The highest BCUT2D eigenvalue weighted by molar-refractivity contribution is 5.27. The average Bonchev–Trinajstić information content (AvgIpc) is 2.71. The molecule has 0 saturated carbocycles. The van der Waals surface area contributed by atoms with E-state index in [0.29, 0.717) is 0 Å². The smallest absolute Gasteiger partial charge is 0.124 e. The fourth-order valence-electron chi connectivity index (χ4n) is 1.75. The minimum atomic E-state index is 0.745. The van der Waals surface area contributed by atoms with Crippen LogP contribution in [0.15, 0.2) is 6.20 Å². The normalized spacial score (nSPS) is 18.2. The van der Waals surface area contributed by atoms with Crippen molar-refractivity contribution in [3.05, 3.63) is 12.0 Å². The van der Waals surface area contributed by atoms with Crippen molar-refractivity contribution in [2.45, 2.75) is 19.4 Å². The maximum atomic E-state index is 5.70. The van der Waals surface area contributed by atoms with E-state index in [2.05, 4.69) is 9.88 Å². The summed E-state index contributed by atoms with van der Waals surface area (Å²) in [6.45, 7) is 3.34. The Hall–Kier alpha value is -1.03. The van der Waals surface area contributed by atoms with Crippen LogP contribution < -0.4 is 5.73 Å². The lowest BCUT2D eigenvalue weighted by Gasteiger charge is -2.13. The molecule has 0 radical (unpaired) electrons. The second kappa shape index (κ2) is 3.38. The Bertz CT molecular complexity index is 286. The Morgan fingerprint density at radius 2 is 2.15 bits per heavy atom. The lowest BCUT2D eigenvalue weighted by molar-refractivity contribution is 0.319. The molecule has 72 valence electrons. The fraction of sp³-hybridized carbons (Fsp3) is 0.667. The molecule has 1 fully saturated rings. The Morgan fingerprint density at radius 3 is 2.69 bits per heavy atom. The van der Waals surface area contributed by atoms with Gasteiger partial charge in [-0.2, -0.15) is 0 Å². The van der Waals surface area contributed by atoms with Crippen LogP contribution in [0, 0.1) is 0 Å². The molecule has 0 bridgehead atoms. The molecular formula is C9H16N4. The second-order valence-corrected chi connectivity index (χ2v) is 3.64. The summed E-state index contributed by atoms with van der Waals surface area (Å²) < 4.78 is 1.96. The van der Waals surface area contributed by atoms with Crippen molar-refractivity contribution in [1.82, 2.24) is 14.5 Å². The van der Waals surface area contributed by atoms with Gasteiger partial charge in [0.15, 0.2) is 0 Å². The van der Waals surface area contributed by atoms with E-state index < -0.39 is 0 Å². The molecule has 0 aromatic carbocycles. The molecule has 0 spiro atoms. The average molecular weight is 180 g/mol. The van der Waals surface area contributed by atoms with Crippen LogP contribution in [0.3, 0.4) is 0 Å². The van der Waals surface area contributed by atoms with Crippen molar-refractivity contribution in [2.75, 3.05) is 18.8 Å². The zero-order valence-corrected chi connectivity index (χ0v) is 8.03. The first kappa shape index (κ1) is 8.56. The number of likely N-dealkylation sites (tertiary alicyclic amines) is 1. The van der Waals surface area contributed by atoms with Crippen LogP contribution in [0.2, 0.25) is 0 Å². The van der Waals surface area contributed by atoms with Gasteiger partial charge in [-0.15, -0.1) is 0 Å². The van der Waals surface area contributed by atoms with Crippen LogP contribution in [-0.2, 0) is 13.6 Å². The lowest BCUT2D eigenvalue weighted by atomic mass is 10.4. The number of rotatable bonds is 2. The highest BCUT2D eigenvalue weighted by atomic mass is 15.2. The number of aromatic nitrogens is 2. The van der Waals surface area contributed by atoms with E-state index >= 15 is 0 Å². The molecule has 1 saturated heterocycles. The summed E-state index contributed by atoms with van der Waals surface area (Å²) in [6, 6.07) is 0. The summed E-state index contributed by atoms with van der Waals surface area (Å²) in [5.74, 6) is 1.81. The number of hydrogen-bond acceptors (Lipinski definition) is 3. The number of imidazole rings is 1. The van der Waals surface area contributed by atoms with Crippen molar-refractivity contribution in [3.8, 4) is 0 Å². The topological polar surface area (TPSA) is 47.1 Å². The minimum absolute atomic E-state index is 0.745. The first-order valence-corrected chi connectivity index (χ1v) is 4.76. The van der Waals surface area contributed by atoms with Crippen molar-refractivity contribution in [2.24, 2.45) is 7.05 Å². The quantitative estimate of drug-likeness (QED) is 0.725. The van der Waals surface area contributed by atoms with Gasteiger partial charge in [0.1, 0.15) is 11.6 Å². The van der Waals surface area contributed by atoms with Crippen LogP contribution in [-0.4, -0.2) is 27.5 Å². The minimum Gasteiger partial charge on any atom is -0.384 e. The highest BCUT2D eigenvalue weighted by Crippen LogP contribution is 2.12. The number of nitrogens with zero attached hydrogens (tertiary/aromatic N) is 3. The van der Waals surface area contributed by atoms with Gasteiger partial charge in [-0.05, 0) is 25.9 Å².